The first-order valence-corrected chi connectivity index (χ1v) is 12.6. The molecule has 0 N–H and O–H groups in total. The second kappa shape index (κ2) is 16.8. The van der Waals surface area contributed by atoms with E-state index in [0.717, 1.165) is 36.5 Å². The molecule has 1 aromatic heterocycles. The third kappa shape index (κ3) is 11.4. The van der Waals surface area contributed by atoms with Gasteiger partial charge >= 0.3 is 0 Å². The first-order valence-electron chi connectivity index (χ1n) is 12.6. The standard InChI is InChI=1S/C28H43NO2/c1-3-5-7-9-10-12-14-25-15-20-28(29-24-25)26-16-18-27(19-17-26)31-23-22-30-21-13-11-8-6-4-2/h15-20,24H,3-14,21-23H2,1-2H3. The predicted molar refractivity (Wildman–Crippen MR) is 132 cm³/mol. The van der Waals surface area contributed by atoms with Gasteiger partial charge in [0.2, 0.25) is 0 Å². The molecule has 0 saturated heterocycles. The van der Waals surface area contributed by atoms with Crippen LogP contribution in [0.25, 0.3) is 11.3 Å². The Hall–Kier alpha value is -1.87. The highest BCUT2D eigenvalue weighted by molar-refractivity contribution is 5.60. The van der Waals surface area contributed by atoms with Crippen LogP contribution in [-0.2, 0) is 11.2 Å². The highest BCUT2D eigenvalue weighted by atomic mass is 16.5. The van der Waals surface area contributed by atoms with Gasteiger partial charge in [-0.15, -0.1) is 0 Å². The molecule has 1 heterocycles. The fourth-order valence-electron chi connectivity index (χ4n) is 3.70. The highest BCUT2D eigenvalue weighted by Crippen LogP contribution is 2.21. The van der Waals surface area contributed by atoms with E-state index in [4.69, 9.17) is 9.47 Å². The predicted octanol–water partition coefficient (Wildman–Crippen LogP) is 8.02. The first kappa shape index (κ1) is 25.4. The quantitative estimate of drug-likeness (QED) is 0.227. The van der Waals surface area contributed by atoms with Crippen LogP contribution in [0.3, 0.4) is 0 Å². The highest BCUT2D eigenvalue weighted by Gasteiger charge is 2.02. The molecule has 172 valence electrons. The Kier molecular flexibility index (Phi) is 13.7. The summed E-state index contributed by atoms with van der Waals surface area (Å²) in [5.74, 6) is 0.884. The van der Waals surface area contributed by atoms with Crippen molar-refractivity contribution in [3.8, 4) is 17.0 Å². The molecule has 0 bridgehead atoms. The van der Waals surface area contributed by atoms with E-state index in [1.807, 2.05) is 18.3 Å². The summed E-state index contributed by atoms with van der Waals surface area (Å²) in [6, 6.07) is 12.6. The van der Waals surface area contributed by atoms with E-state index in [0.29, 0.717) is 13.2 Å². The Morgan fingerprint density at radius 3 is 2.00 bits per heavy atom. The summed E-state index contributed by atoms with van der Waals surface area (Å²) in [7, 11) is 0. The van der Waals surface area contributed by atoms with Crippen molar-refractivity contribution in [3.05, 3.63) is 48.2 Å². The van der Waals surface area contributed by atoms with Crippen LogP contribution in [0.2, 0.25) is 0 Å². The largest absolute Gasteiger partial charge is 0.491 e. The fraction of sp³-hybridized carbons (Fsp3) is 0.607. The van der Waals surface area contributed by atoms with E-state index in [2.05, 4.69) is 43.1 Å². The average Bonchev–Trinajstić information content (AvgIpc) is 2.81. The van der Waals surface area contributed by atoms with Crippen molar-refractivity contribution in [2.45, 2.75) is 90.9 Å². The molecule has 3 nitrogen and oxygen atoms in total. The van der Waals surface area contributed by atoms with Gasteiger partial charge < -0.3 is 9.47 Å². The van der Waals surface area contributed by atoms with Gasteiger partial charge in [-0.2, -0.15) is 0 Å². The number of aromatic nitrogens is 1. The van der Waals surface area contributed by atoms with Crippen LogP contribution in [0.1, 0.15) is 90.0 Å². The molecule has 2 aromatic rings. The van der Waals surface area contributed by atoms with Gasteiger partial charge in [-0.3, -0.25) is 4.98 Å². The number of pyridine rings is 1. The molecule has 3 heteroatoms. The van der Waals surface area contributed by atoms with Gasteiger partial charge in [-0.05, 0) is 55.2 Å². The number of hydrogen-bond donors (Lipinski definition) is 0. The maximum Gasteiger partial charge on any atom is 0.119 e. The summed E-state index contributed by atoms with van der Waals surface area (Å²) in [6.45, 7) is 6.59. The van der Waals surface area contributed by atoms with Crippen molar-refractivity contribution in [1.29, 1.82) is 0 Å². The first-order chi connectivity index (χ1) is 15.3. The van der Waals surface area contributed by atoms with E-state index in [1.165, 1.54) is 69.8 Å². The van der Waals surface area contributed by atoms with Gasteiger partial charge in [0.15, 0.2) is 0 Å². The van der Waals surface area contributed by atoms with Crippen molar-refractivity contribution < 1.29 is 9.47 Å². The summed E-state index contributed by atoms with van der Waals surface area (Å²) < 4.78 is 11.5. The molecule has 0 aliphatic carbocycles. The molecule has 0 radical (unpaired) electrons. The second-order valence-electron chi connectivity index (χ2n) is 8.47. The Balaban J connectivity index is 1.62. The number of benzene rings is 1. The minimum Gasteiger partial charge on any atom is -0.491 e. The molecule has 31 heavy (non-hydrogen) atoms. The van der Waals surface area contributed by atoms with Crippen molar-refractivity contribution in [2.75, 3.05) is 19.8 Å². The van der Waals surface area contributed by atoms with E-state index < -0.39 is 0 Å². The van der Waals surface area contributed by atoms with Crippen LogP contribution < -0.4 is 4.74 Å². The normalized spacial score (nSPS) is 11.0. The molecular weight excluding hydrogens is 382 g/mol. The Morgan fingerprint density at radius 1 is 0.645 bits per heavy atom. The maximum absolute atomic E-state index is 5.80. The number of nitrogens with zero attached hydrogens (tertiary/aromatic N) is 1. The Bertz CT molecular complexity index is 666. The van der Waals surface area contributed by atoms with Gasteiger partial charge in [0.05, 0.1) is 12.3 Å². The zero-order chi connectivity index (χ0) is 22.0. The van der Waals surface area contributed by atoms with Crippen molar-refractivity contribution in [3.63, 3.8) is 0 Å². The molecule has 0 atom stereocenters. The van der Waals surface area contributed by atoms with Gasteiger partial charge in [0.1, 0.15) is 12.4 Å². The number of unbranched alkanes of at least 4 members (excludes halogenated alkanes) is 9. The number of rotatable bonds is 18. The molecule has 0 aliphatic rings. The van der Waals surface area contributed by atoms with E-state index >= 15 is 0 Å². The second-order valence-corrected chi connectivity index (χ2v) is 8.47. The molecule has 2 rings (SSSR count). The van der Waals surface area contributed by atoms with E-state index in [-0.39, 0.29) is 0 Å². The minimum atomic E-state index is 0.597. The Morgan fingerprint density at radius 2 is 1.32 bits per heavy atom. The molecule has 0 unspecified atom stereocenters. The van der Waals surface area contributed by atoms with Gasteiger partial charge in [-0.25, -0.2) is 0 Å². The van der Waals surface area contributed by atoms with E-state index in [1.54, 1.807) is 0 Å². The maximum atomic E-state index is 5.80. The summed E-state index contributed by atoms with van der Waals surface area (Å²) >= 11 is 0. The molecule has 0 saturated carbocycles. The van der Waals surface area contributed by atoms with Crippen molar-refractivity contribution >= 4 is 0 Å². The van der Waals surface area contributed by atoms with Gasteiger partial charge in [-0.1, -0.05) is 77.7 Å². The minimum absolute atomic E-state index is 0.597. The third-order valence-electron chi connectivity index (χ3n) is 5.68. The lowest BCUT2D eigenvalue weighted by atomic mass is 10.1. The number of aryl methyl sites for hydroxylation is 1. The number of ether oxygens (including phenoxy) is 2. The summed E-state index contributed by atoms with van der Waals surface area (Å²) in [5.41, 5.74) is 3.48. The zero-order valence-electron chi connectivity index (χ0n) is 19.9. The fourth-order valence-corrected chi connectivity index (χ4v) is 3.70. The molecule has 0 spiro atoms. The van der Waals surface area contributed by atoms with Crippen LogP contribution in [0, 0.1) is 0 Å². The monoisotopic (exact) mass is 425 g/mol. The molecule has 0 fully saturated rings. The van der Waals surface area contributed by atoms with E-state index in [9.17, 15) is 0 Å². The van der Waals surface area contributed by atoms with Crippen molar-refractivity contribution in [1.82, 2.24) is 4.98 Å². The lowest BCUT2D eigenvalue weighted by Crippen LogP contribution is -2.07. The van der Waals surface area contributed by atoms with Crippen LogP contribution in [0.5, 0.6) is 5.75 Å². The third-order valence-corrected chi connectivity index (χ3v) is 5.68. The number of hydrogen-bond acceptors (Lipinski definition) is 3. The summed E-state index contributed by atoms with van der Waals surface area (Å²) in [6.07, 6.45) is 17.5. The molecular formula is C28H43NO2. The van der Waals surface area contributed by atoms with Crippen LogP contribution in [0.15, 0.2) is 42.6 Å². The van der Waals surface area contributed by atoms with Crippen LogP contribution >= 0.6 is 0 Å². The van der Waals surface area contributed by atoms with Gasteiger partial charge in [0.25, 0.3) is 0 Å². The lowest BCUT2D eigenvalue weighted by molar-refractivity contribution is 0.0971. The summed E-state index contributed by atoms with van der Waals surface area (Å²) in [4.78, 5) is 4.67. The van der Waals surface area contributed by atoms with Crippen LogP contribution in [0.4, 0.5) is 0 Å². The average molecular weight is 426 g/mol. The van der Waals surface area contributed by atoms with Gasteiger partial charge in [0, 0.05) is 18.4 Å². The molecule has 1 aromatic carbocycles. The topological polar surface area (TPSA) is 31.4 Å². The SMILES string of the molecule is CCCCCCCCc1ccc(-c2ccc(OCCOCCCCCCC)cc2)nc1. The zero-order valence-corrected chi connectivity index (χ0v) is 19.9. The van der Waals surface area contributed by atoms with Crippen LogP contribution in [-0.4, -0.2) is 24.8 Å². The Labute approximate surface area is 190 Å². The molecule has 0 aliphatic heterocycles. The molecule has 0 amide bonds. The summed E-state index contributed by atoms with van der Waals surface area (Å²) in [5, 5.41) is 0. The lowest BCUT2D eigenvalue weighted by Gasteiger charge is -2.08. The smallest absolute Gasteiger partial charge is 0.119 e. The van der Waals surface area contributed by atoms with Crippen molar-refractivity contribution in [2.24, 2.45) is 0 Å².